The summed E-state index contributed by atoms with van der Waals surface area (Å²) in [4.78, 5) is 20.6. The van der Waals surface area contributed by atoms with Gasteiger partial charge in [0, 0.05) is 19.3 Å². The van der Waals surface area contributed by atoms with Gasteiger partial charge < -0.3 is 16.4 Å². The fourth-order valence-corrected chi connectivity index (χ4v) is 4.08. The number of hydrogen-bond donors (Lipinski definition) is 3. The molecule has 4 rings (SSSR count). The van der Waals surface area contributed by atoms with Crippen LogP contribution in [-0.2, 0) is 11.8 Å². The van der Waals surface area contributed by atoms with E-state index < -0.39 is 0 Å². The Hall–Kier alpha value is -2.61. The lowest BCUT2D eigenvalue weighted by Gasteiger charge is -2.27. The van der Waals surface area contributed by atoms with Crippen LogP contribution in [-0.4, -0.2) is 31.7 Å². The van der Waals surface area contributed by atoms with Crippen molar-refractivity contribution >= 4 is 35.0 Å². The quantitative estimate of drug-likeness (QED) is 0.691. The maximum Gasteiger partial charge on any atom is 0.229 e. The molecule has 2 aliphatic carbocycles. The number of anilines is 3. The van der Waals surface area contributed by atoms with Crippen LogP contribution in [0.4, 0.5) is 17.5 Å². The van der Waals surface area contributed by atoms with Gasteiger partial charge in [-0.15, -0.1) is 0 Å². The second kappa shape index (κ2) is 6.28. The normalized spacial score (nSPS) is 26.3. The van der Waals surface area contributed by atoms with E-state index in [9.17, 15) is 4.79 Å². The zero-order valence-electron chi connectivity index (χ0n) is 14.5. The number of aromatic nitrogens is 4. The number of rotatable bonds is 5. The molecule has 8 nitrogen and oxygen atoms in total. The van der Waals surface area contributed by atoms with Crippen molar-refractivity contribution in [1.82, 2.24) is 19.7 Å². The molecule has 0 spiro atoms. The van der Waals surface area contributed by atoms with Crippen LogP contribution in [0.3, 0.4) is 0 Å². The first-order chi connectivity index (χ1) is 12.4. The largest absolute Gasteiger partial charge is 0.369 e. The zero-order chi connectivity index (χ0) is 18.4. The fraction of sp³-hybridized carbons (Fsp3) is 0.412. The number of nitrogens with zero attached hydrogens (tertiary/aromatic N) is 4. The Balaban J connectivity index is 1.58. The highest BCUT2D eigenvalue weighted by molar-refractivity contribution is 6.32. The number of halogens is 1. The molecule has 1 fully saturated rings. The monoisotopic (exact) mass is 373 g/mol. The minimum Gasteiger partial charge on any atom is -0.369 e. The van der Waals surface area contributed by atoms with Gasteiger partial charge in [-0.1, -0.05) is 23.8 Å². The van der Waals surface area contributed by atoms with Crippen LogP contribution >= 0.6 is 11.6 Å². The summed E-state index contributed by atoms with van der Waals surface area (Å²) in [5.41, 5.74) is 7.28. The van der Waals surface area contributed by atoms with Gasteiger partial charge in [-0.05, 0) is 25.2 Å². The van der Waals surface area contributed by atoms with Gasteiger partial charge in [0.2, 0.25) is 11.9 Å². The van der Waals surface area contributed by atoms with Crippen LogP contribution in [0.15, 0.2) is 24.5 Å². The third-order valence-electron chi connectivity index (χ3n) is 5.10. The second-order valence-electron chi connectivity index (χ2n) is 6.86. The molecule has 2 bridgehead atoms. The highest BCUT2D eigenvalue weighted by Crippen LogP contribution is 2.45. The maximum absolute atomic E-state index is 11.9. The van der Waals surface area contributed by atoms with Gasteiger partial charge in [-0.3, -0.25) is 9.48 Å². The summed E-state index contributed by atoms with van der Waals surface area (Å²) in [7, 11) is 1.85. The van der Waals surface area contributed by atoms with Crippen LogP contribution < -0.4 is 16.4 Å². The van der Waals surface area contributed by atoms with Crippen molar-refractivity contribution in [3.8, 4) is 0 Å². The third kappa shape index (κ3) is 2.90. The number of allylic oxidation sites excluding steroid dienone is 1. The molecule has 0 unspecified atom stereocenters. The molecule has 1 saturated carbocycles. The van der Waals surface area contributed by atoms with E-state index in [0.717, 1.165) is 17.8 Å². The molecule has 136 valence electrons. The van der Waals surface area contributed by atoms with Gasteiger partial charge in [-0.2, -0.15) is 10.1 Å². The molecule has 9 heteroatoms. The van der Waals surface area contributed by atoms with Gasteiger partial charge in [0.25, 0.3) is 0 Å². The smallest absolute Gasteiger partial charge is 0.229 e. The Morgan fingerprint density at radius 2 is 2.15 bits per heavy atom. The number of nitrogens with one attached hydrogen (secondary N) is 2. The van der Waals surface area contributed by atoms with Crippen molar-refractivity contribution in [3.05, 3.63) is 35.3 Å². The summed E-state index contributed by atoms with van der Waals surface area (Å²) in [6.45, 7) is 1.90. The van der Waals surface area contributed by atoms with Crippen molar-refractivity contribution in [3.63, 3.8) is 0 Å². The molecule has 2 aliphatic rings. The standard InChI is InChI=1S/C17H20ClN7O/c1-8-12(7-25(2)24-8)21-17-20-6-11(18)16(23-17)22-14-10-4-3-9(5-10)13(14)15(19)26/h3-4,6-7,9-10,13-14H,5H2,1-2H3,(H2,19,26)(H2,20,21,22,23)/t9-,10+,13+,14-/m1/s1. The van der Waals surface area contributed by atoms with E-state index in [2.05, 4.69) is 37.9 Å². The molecule has 0 aromatic carbocycles. The molecule has 26 heavy (non-hydrogen) atoms. The van der Waals surface area contributed by atoms with Gasteiger partial charge in [-0.25, -0.2) is 4.98 Å². The van der Waals surface area contributed by atoms with E-state index in [1.165, 1.54) is 6.20 Å². The third-order valence-corrected chi connectivity index (χ3v) is 5.37. The van der Waals surface area contributed by atoms with Gasteiger partial charge in [0.05, 0.1) is 23.5 Å². The molecule has 4 atom stereocenters. The van der Waals surface area contributed by atoms with E-state index in [0.29, 0.717) is 16.8 Å². The van der Waals surface area contributed by atoms with Crippen molar-refractivity contribution in [2.75, 3.05) is 10.6 Å². The molecule has 1 amide bonds. The molecule has 2 aromatic rings. The molecular weight excluding hydrogens is 354 g/mol. The lowest BCUT2D eigenvalue weighted by Crippen LogP contribution is -2.41. The van der Waals surface area contributed by atoms with Crippen LogP contribution in [0.2, 0.25) is 5.02 Å². The lowest BCUT2D eigenvalue weighted by atomic mass is 9.88. The van der Waals surface area contributed by atoms with E-state index in [1.54, 1.807) is 4.68 Å². The van der Waals surface area contributed by atoms with Gasteiger partial charge >= 0.3 is 0 Å². The number of amides is 1. The van der Waals surface area contributed by atoms with Crippen molar-refractivity contribution in [2.45, 2.75) is 19.4 Å². The van der Waals surface area contributed by atoms with Crippen molar-refractivity contribution in [2.24, 2.45) is 30.5 Å². The molecule has 0 aliphatic heterocycles. The Kier molecular flexibility index (Phi) is 4.07. The van der Waals surface area contributed by atoms with E-state index in [1.807, 2.05) is 20.2 Å². The maximum atomic E-state index is 11.9. The first-order valence-electron chi connectivity index (χ1n) is 8.46. The SMILES string of the molecule is Cc1nn(C)cc1Nc1ncc(Cl)c(N[C@H]2[C@@H](C(N)=O)[C@@H]3C=C[C@H]2C3)n1. The van der Waals surface area contributed by atoms with E-state index in [4.69, 9.17) is 17.3 Å². The van der Waals surface area contributed by atoms with Crippen LogP contribution in [0.1, 0.15) is 12.1 Å². The highest BCUT2D eigenvalue weighted by atomic mass is 35.5. The van der Waals surface area contributed by atoms with Gasteiger partial charge in [0.1, 0.15) is 5.02 Å². The molecule has 0 saturated heterocycles. The number of hydrogen-bond acceptors (Lipinski definition) is 6. The number of primary amides is 1. The van der Waals surface area contributed by atoms with E-state index >= 15 is 0 Å². The Labute approximate surface area is 155 Å². The predicted molar refractivity (Wildman–Crippen MR) is 99.1 cm³/mol. The average Bonchev–Trinajstić information content (AvgIpc) is 3.25. The lowest BCUT2D eigenvalue weighted by molar-refractivity contribution is -0.122. The number of fused-ring (bicyclic) bond motifs is 2. The Morgan fingerprint density at radius 3 is 2.85 bits per heavy atom. The second-order valence-corrected chi connectivity index (χ2v) is 7.27. The molecule has 0 radical (unpaired) electrons. The van der Waals surface area contributed by atoms with E-state index in [-0.39, 0.29) is 29.7 Å². The molecule has 2 heterocycles. The number of aryl methyl sites for hydroxylation is 2. The average molecular weight is 374 g/mol. The fourth-order valence-electron chi connectivity index (χ4n) is 3.94. The number of nitrogens with two attached hydrogens (primary N) is 1. The Morgan fingerprint density at radius 1 is 1.38 bits per heavy atom. The van der Waals surface area contributed by atoms with Gasteiger partial charge in [0.15, 0.2) is 5.82 Å². The predicted octanol–water partition coefficient (Wildman–Crippen LogP) is 2.00. The summed E-state index contributed by atoms with van der Waals surface area (Å²) >= 11 is 6.28. The first-order valence-corrected chi connectivity index (χ1v) is 8.84. The molecule has 2 aromatic heterocycles. The minimum absolute atomic E-state index is 0.108. The first kappa shape index (κ1) is 16.8. The molecule has 4 N–H and O–H groups in total. The summed E-state index contributed by atoms with van der Waals surface area (Å²) in [6, 6.07) is -0.108. The van der Waals surface area contributed by atoms with Crippen LogP contribution in [0, 0.1) is 24.7 Å². The van der Waals surface area contributed by atoms with Crippen molar-refractivity contribution < 1.29 is 4.79 Å². The highest BCUT2D eigenvalue weighted by Gasteiger charge is 2.47. The number of carbonyl (C=O) groups is 1. The Bertz CT molecular complexity index is 893. The topological polar surface area (TPSA) is 111 Å². The molecular formula is C17H20ClN7O. The number of carbonyl (C=O) groups excluding carboxylic acids is 1. The summed E-state index contributed by atoms with van der Waals surface area (Å²) < 4.78 is 1.71. The van der Waals surface area contributed by atoms with Crippen molar-refractivity contribution in [1.29, 1.82) is 0 Å². The summed E-state index contributed by atoms with van der Waals surface area (Å²) in [5, 5.41) is 11.1. The van der Waals surface area contributed by atoms with Crippen LogP contribution in [0.5, 0.6) is 0 Å². The van der Waals surface area contributed by atoms with Crippen LogP contribution in [0.25, 0.3) is 0 Å². The summed E-state index contributed by atoms with van der Waals surface area (Å²) in [5.74, 6) is 0.777. The summed E-state index contributed by atoms with van der Waals surface area (Å²) in [6.07, 6.45) is 8.53. The minimum atomic E-state index is -0.297. The zero-order valence-corrected chi connectivity index (χ0v) is 15.2.